The molecule has 1 N–H and O–H groups in total. The van der Waals surface area contributed by atoms with Crippen molar-refractivity contribution in [2.45, 2.75) is 6.92 Å². The van der Waals surface area contributed by atoms with Crippen LogP contribution in [0.2, 0.25) is 0 Å². The van der Waals surface area contributed by atoms with Gasteiger partial charge >= 0.3 is 5.97 Å². The maximum absolute atomic E-state index is 12.2. The number of carbonyl (C=O) groups is 3. The molecule has 0 atom stereocenters. The molecule has 2 aliphatic heterocycles. The van der Waals surface area contributed by atoms with Crippen molar-refractivity contribution < 1.29 is 19.5 Å². The van der Waals surface area contributed by atoms with E-state index in [0.29, 0.717) is 22.2 Å². The number of carboxylic acids is 1. The monoisotopic (exact) mass is 318 g/mol. The molecule has 0 aliphatic carbocycles. The van der Waals surface area contributed by atoms with Crippen LogP contribution in [0, 0.1) is 0 Å². The molecule has 0 aromatic heterocycles. The van der Waals surface area contributed by atoms with Gasteiger partial charge in [-0.3, -0.25) is 19.3 Å². The van der Waals surface area contributed by atoms with E-state index in [1.54, 1.807) is 0 Å². The van der Waals surface area contributed by atoms with E-state index in [1.165, 1.54) is 16.7 Å². The molecule has 2 aliphatic rings. The topological polar surface area (TPSA) is 77.9 Å². The summed E-state index contributed by atoms with van der Waals surface area (Å²) in [7, 11) is 0. The average Bonchev–Trinajstić information content (AvgIpc) is 2.83. The van der Waals surface area contributed by atoms with E-state index in [2.05, 4.69) is 0 Å². The van der Waals surface area contributed by atoms with Crippen molar-refractivity contribution in [3.8, 4) is 0 Å². The number of carboxylic acid groups (broad SMARTS) is 1. The molecule has 6 nitrogen and oxygen atoms in total. The minimum Gasteiger partial charge on any atom is -0.480 e. The van der Waals surface area contributed by atoms with Crippen LogP contribution in [0.3, 0.4) is 0 Å². The van der Waals surface area contributed by atoms with Crippen LogP contribution in [0.25, 0.3) is 0 Å². The lowest BCUT2D eigenvalue weighted by atomic mass is 10.4. The number of hydrogen-bond acceptors (Lipinski definition) is 6. The Morgan fingerprint density at radius 1 is 1.42 bits per heavy atom. The van der Waals surface area contributed by atoms with E-state index in [1.807, 2.05) is 6.92 Å². The number of thioether (sulfide) groups is 2. The molecule has 0 unspecified atom stereocenters. The number of rotatable bonds is 3. The summed E-state index contributed by atoms with van der Waals surface area (Å²) in [5.41, 5.74) is 0. The smallest absolute Gasteiger partial charge is 0.323 e. The second-order valence-electron chi connectivity index (χ2n) is 3.71. The van der Waals surface area contributed by atoms with Crippen molar-refractivity contribution in [2.75, 3.05) is 18.8 Å². The maximum Gasteiger partial charge on any atom is 0.323 e. The zero-order valence-electron chi connectivity index (χ0n) is 9.91. The number of thiocarbonyl (C=S) groups is 1. The minimum absolute atomic E-state index is 0.0500. The normalized spacial score (nSPS) is 23.7. The molecule has 2 heterocycles. The molecule has 9 heteroatoms. The quantitative estimate of drug-likeness (QED) is 0.606. The van der Waals surface area contributed by atoms with Gasteiger partial charge in [0.1, 0.15) is 15.8 Å². The number of amides is 2. The van der Waals surface area contributed by atoms with Gasteiger partial charge in [0, 0.05) is 6.54 Å². The Morgan fingerprint density at radius 3 is 2.68 bits per heavy atom. The summed E-state index contributed by atoms with van der Waals surface area (Å²) in [6.07, 6.45) is 0. The highest BCUT2D eigenvalue weighted by molar-refractivity contribution is 8.27. The van der Waals surface area contributed by atoms with E-state index in [-0.39, 0.29) is 10.2 Å². The molecule has 2 fully saturated rings. The van der Waals surface area contributed by atoms with Gasteiger partial charge in [-0.25, -0.2) is 0 Å². The molecule has 102 valence electrons. The first-order valence-corrected chi connectivity index (χ1v) is 7.59. The van der Waals surface area contributed by atoms with Crippen LogP contribution in [0.5, 0.6) is 0 Å². The summed E-state index contributed by atoms with van der Waals surface area (Å²) in [5.74, 6) is -1.31. The van der Waals surface area contributed by atoms with Gasteiger partial charge in [0.25, 0.3) is 5.91 Å². The molecule has 2 rings (SSSR count). The molecule has 19 heavy (non-hydrogen) atoms. The third-order valence-corrected chi connectivity index (χ3v) is 5.19. The summed E-state index contributed by atoms with van der Waals surface area (Å²) in [5, 5.41) is 9.33. The van der Waals surface area contributed by atoms with Gasteiger partial charge < -0.3 is 10.0 Å². The molecular weight excluding hydrogens is 308 g/mol. The molecule has 2 saturated heterocycles. The average molecular weight is 318 g/mol. The van der Waals surface area contributed by atoms with E-state index < -0.39 is 18.4 Å². The van der Waals surface area contributed by atoms with Crippen LogP contribution in [0.4, 0.5) is 0 Å². The fourth-order valence-electron chi connectivity index (χ4n) is 1.71. The lowest BCUT2D eigenvalue weighted by Gasteiger charge is -2.15. The van der Waals surface area contributed by atoms with Gasteiger partial charge in [-0.05, 0) is 6.92 Å². The Bertz CT molecular complexity index is 517. The summed E-state index contributed by atoms with van der Waals surface area (Å²) in [6.45, 7) is 1.85. The lowest BCUT2D eigenvalue weighted by Crippen LogP contribution is -2.34. The molecule has 0 aromatic carbocycles. The standard InChI is InChI=1S/C10H10N2O4S3/c1-2-11-5(13)4-18-9(11)7-8(16)12(3-6(14)15)10(17)19-7/h2-4H2,1H3,(H,14,15)/b9-7+. The van der Waals surface area contributed by atoms with Crippen LogP contribution in [-0.4, -0.2) is 55.9 Å². The van der Waals surface area contributed by atoms with Crippen LogP contribution in [0.1, 0.15) is 6.92 Å². The van der Waals surface area contributed by atoms with Crippen molar-refractivity contribution in [2.24, 2.45) is 0 Å². The third kappa shape index (κ3) is 2.63. The predicted octanol–water partition coefficient (Wildman–Crippen LogP) is 0.696. The van der Waals surface area contributed by atoms with Crippen molar-refractivity contribution in [1.82, 2.24) is 9.80 Å². The number of hydrogen-bond donors (Lipinski definition) is 1. The first-order chi connectivity index (χ1) is 8.95. The third-order valence-electron chi connectivity index (χ3n) is 2.53. The number of nitrogens with zero attached hydrogens (tertiary/aromatic N) is 2. The SMILES string of the molecule is CCN1C(=O)CS/C1=C1/SC(=S)N(CC(=O)O)C1=O. The predicted molar refractivity (Wildman–Crippen MR) is 76.4 cm³/mol. The zero-order chi connectivity index (χ0) is 14.2. The van der Waals surface area contributed by atoms with Crippen molar-refractivity contribution >= 4 is 57.8 Å². The van der Waals surface area contributed by atoms with Crippen molar-refractivity contribution in [1.29, 1.82) is 0 Å². The van der Waals surface area contributed by atoms with Crippen molar-refractivity contribution in [3.05, 3.63) is 9.93 Å². The molecule has 0 spiro atoms. The first-order valence-electron chi connectivity index (χ1n) is 5.38. The van der Waals surface area contributed by atoms with Crippen molar-refractivity contribution in [3.63, 3.8) is 0 Å². The second kappa shape index (κ2) is 5.51. The first kappa shape index (κ1) is 14.4. The van der Waals surface area contributed by atoms with Gasteiger partial charge in [0.05, 0.1) is 10.8 Å². The van der Waals surface area contributed by atoms with E-state index in [0.717, 1.165) is 16.7 Å². The Kier molecular flexibility index (Phi) is 4.16. The highest BCUT2D eigenvalue weighted by Crippen LogP contribution is 2.41. The van der Waals surface area contributed by atoms with Crippen LogP contribution < -0.4 is 0 Å². The van der Waals surface area contributed by atoms with Gasteiger partial charge in [0.15, 0.2) is 0 Å². The molecule has 0 saturated carbocycles. The minimum atomic E-state index is -1.12. The summed E-state index contributed by atoms with van der Waals surface area (Å²) < 4.78 is 0.214. The summed E-state index contributed by atoms with van der Waals surface area (Å²) in [6, 6.07) is 0. The van der Waals surface area contributed by atoms with Crippen LogP contribution in [-0.2, 0) is 14.4 Å². The van der Waals surface area contributed by atoms with Crippen LogP contribution >= 0.6 is 35.7 Å². The highest BCUT2D eigenvalue weighted by atomic mass is 32.2. The van der Waals surface area contributed by atoms with Crippen LogP contribution in [0.15, 0.2) is 9.93 Å². The molecule has 0 aromatic rings. The second-order valence-corrected chi connectivity index (χ2v) is 6.32. The van der Waals surface area contributed by atoms with Gasteiger partial charge in [0.2, 0.25) is 5.91 Å². The van der Waals surface area contributed by atoms with Gasteiger partial charge in [-0.15, -0.1) is 0 Å². The number of aliphatic carboxylic acids is 1. The molecular formula is C10H10N2O4S3. The molecule has 0 radical (unpaired) electrons. The Balaban J connectivity index is 2.32. The lowest BCUT2D eigenvalue weighted by molar-refractivity contribution is -0.140. The molecule has 0 bridgehead atoms. The Hall–Kier alpha value is -1.06. The Labute approximate surface area is 123 Å². The largest absolute Gasteiger partial charge is 0.480 e. The molecule has 2 amide bonds. The fourth-order valence-corrected chi connectivity index (χ4v) is 4.25. The van der Waals surface area contributed by atoms with E-state index in [4.69, 9.17) is 17.3 Å². The van der Waals surface area contributed by atoms with E-state index >= 15 is 0 Å². The van der Waals surface area contributed by atoms with Gasteiger partial charge in [-0.2, -0.15) is 0 Å². The highest BCUT2D eigenvalue weighted by Gasteiger charge is 2.39. The summed E-state index contributed by atoms with van der Waals surface area (Å²) >= 11 is 7.35. The zero-order valence-corrected chi connectivity index (χ0v) is 12.4. The number of carbonyl (C=O) groups excluding carboxylic acids is 2. The Morgan fingerprint density at radius 2 is 2.11 bits per heavy atom. The fraction of sp³-hybridized carbons (Fsp3) is 0.400. The maximum atomic E-state index is 12.2. The van der Waals surface area contributed by atoms with Gasteiger partial charge in [-0.1, -0.05) is 35.7 Å². The van der Waals surface area contributed by atoms with E-state index in [9.17, 15) is 14.4 Å². The summed E-state index contributed by atoms with van der Waals surface area (Å²) in [4.78, 5) is 37.4.